The molecule has 0 saturated carbocycles. The van der Waals surface area contributed by atoms with Crippen LogP contribution in [-0.4, -0.2) is 4.98 Å². The van der Waals surface area contributed by atoms with Crippen molar-refractivity contribution in [1.29, 1.82) is 0 Å². The average molecular weight is 284 g/mol. The van der Waals surface area contributed by atoms with E-state index in [4.69, 9.17) is 10.5 Å². The van der Waals surface area contributed by atoms with Crippen molar-refractivity contribution in [2.45, 2.75) is 46.6 Å². The lowest BCUT2D eigenvalue weighted by Crippen LogP contribution is -2.11. The molecule has 21 heavy (non-hydrogen) atoms. The molecule has 1 heterocycles. The Labute approximate surface area is 127 Å². The van der Waals surface area contributed by atoms with Gasteiger partial charge in [-0.25, -0.2) is 4.98 Å². The predicted octanol–water partition coefficient (Wildman–Crippen LogP) is 4.25. The summed E-state index contributed by atoms with van der Waals surface area (Å²) < 4.78 is 5.93. The van der Waals surface area contributed by atoms with Crippen LogP contribution in [0.4, 0.5) is 0 Å². The van der Waals surface area contributed by atoms with Gasteiger partial charge in [0.25, 0.3) is 0 Å². The number of nitrogens with zero attached hydrogens (tertiary/aromatic N) is 1. The first-order valence-electron chi connectivity index (χ1n) is 7.26. The van der Waals surface area contributed by atoms with Crippen LogP contribution < -0.4 is 10.5 Å². The van der Waals surface area contributed by atoms with Gasteiger partial charge >= 0.3 is 0 Å². The zero-order valence-corrected chi connectivity index (χ0v) is 13.5. The highest BCUT2D eigenvalue weighted by molar-refractivity contribution is 5.41. The second-order valence-corrected chi connectivity index (χ2v) is 6.49. The van der Waals surface area contributed by atoms with Crippen molar-refractivity contribution in [3.63, 3.8) is 0 Å². The molecule has 3 nitrogen and oxygen atoms in total. The van der Waals surface area contributed by atoms with Crippen LogP contribution in [0.2, 0.25) is 0 Å². The van der Waals surface area contributed by atoms with Crippen molar-refractivity contribution in [1.82, 2.24) is 4.98 Å². The van der Waals surface area contributed by atoms with E-state index in [1.165, 1.54) is 5.56 Å². The minimum atomic E-state index is 0.137. The maximum absolute atomic E-state index is 5.93. The van der Waals surface area contributed by atoms with Crippen molar-refractivity contribution in [3.05, 3.63) is 52.7 Å². The highest BCUT2D eigenvalue weighted by atomic mass is 16.5. The lowest BCUT2D eigenvalue weighted by molar-refractivity contribution is 0.456. The first-order valence-corrected chi connectivity index (χ1v) is 7.26. The molecule has 3 heteroatoms. The Morgan fingerprint density at radius 2 is 1.81 bits per heavy atom. The van der Waals surface area contributed by atoms with Gasteiger partial charge in [-0.2, -0.15) is 0 Å². The SMILES string of the molecule is Cc1cc(CN)cc(Oc2ccc(C(C)(C)C)cc2C)n1. The Kier molecular flexibility index (Phi) is 4.33. The third kappa shape index (κ3) is 3.82. The van der Waals surface area contributed by atoms with Crippen molar-refractivity contribution in [3.8, 4) is 11.6 Å². The van der Waals surface area contributed by atoms with Crippen LogP contribution in [-0.2, 0) is 12.0 Å². The van der Waals surface area contributed by atoms with Crippen LogP contribution in [0.25, 0.3) is 0 Å². The van der Waals surface area contributed by atoms with Gasteiger partial charge in [0.2, 0.25) is 5.88 Å². The number of benzene rings is 1. The fourth-order valence-corrected chi connectivity index (χ4v) is 2.22. The Balaban J connectivity index is 2.30. The van der Waals surface area contributed by atoms with E-state index >= 15 is 0 Å². The van der Waals surface area contributed by atoms with Crippen LogP contribution in [0.1, 0.15) is 43.2 Å². The van der Waals surface area contributed by atoms with Gasteiger partial charge in [-0.3, -0.25) is 0 Å². The van der Waals surface area contributed by atoms with Crippen molar-refractivity contribution in [2.75, 3.05) is 0 Å². The van der Waals surface area contributed by atoms with Crippen molar-refractivity contribution < 1.29 is 4.74 Å². The normalized spacial score (nSPS) is 11.5. The molecule has 0 atom stereocenters. The second kappa shape index (κ2) is 5.86. The standard InChI is InChI=1S/C18H24N2O/c1-12-8-15(18(3,4)5)6-7-16(12)21-17-10-14(11-19)9-13(2)20-17/h6-10H,11,19H2,1-5H3. The lowest BCUT2D eigenvalue weighted by atomic mass is 9.86. The second-order valence-electron chi connectivity index (χ2n) is 6.49. The molecule has 1 aromatic carbocycles. The smallest absolute Gasteiger partial charge is 0.219 e. The Hall–Kier alpha value is -1.87. The van der Waals surface area contributed by atoms with Gasteiger partial charge in [-0.1, -0.05) is 32.9 Å². The number of pyridine rings is 1. The molecule has 2 rings (SSSR count). The van der Waals surface area contributed by atoms with E-state index in [1.807, 2.05) is 25.1 Å². The fourth-order valence-electron chi connectivity index (χ4n) is 2.22. The zero-order valence-electron chi connectivity index (χ0n) is 13.5. The van der Waals surface area contributed by atoms with E-state index in [0.29, 0.717) is 12.4 Å². The molecule has 0 bridgehead atoms. The average Bonchev–Trinajstić information content (AvgIpc) is 2.39. The summed E-state index contributed by atoms with van der Waals surface area (Å²) >= 11 is 0. The fraction of sp³-hybridized carbons (Fsp3) is 0.389. The van der Waals surface area contributed by atoms with E-state index < -0.39 is 0 Å². The van der Waals surface area contributed by atoms with Crippen LogP contribution in [0.15, 0.2) is 30.3 Å². The van der Waals surface area contributed by atoms with E-state index in [-0.39, 0.29) is 5.41 Å². The molecule has 0 saturated heterocycles. The number of nitrogens with two attached hydrogens (primary N) is 1. The van der Waals surface area contributed by atoms with Crippen molar-refractivity contribution >= 4 is 0 Å². The zero-order chi connectivity index (χ0) is 15.6. The highest BCUT2D eigenvalue weighted by Crippen LogP contribution is 2.30. The molecule has 0 radical (unpaired) electrons. The number of hydrogen-bond acceptors (Lipinski definition) is 3. The summed E-state index contributed by atoms with van der Waals surface area (Å²) in [7, 11) is 0. The Bertz CT molecular complexity index is 642. The minimum absolute atomic E-state index is 0.137. The predicted molar refractivity (Wildman–Crippen MR) is 86.8 cm³/mol. The Morgan fingerprint density at radius 1 is 1.10 bits per heavy atom. The van der Waals surface area contributed by atoms with E-state index in [2.05, 4.69) is 44.8 Å². The molecule has 0 amide bonds. The lowest BCUT2D eigenvalue weighted by Gasteiger charge is -2.20. The van der Waals surface area contributed by atoms with Crippen LogP contribution in [0.5, 0.6) is 11.6 Å². The third-order valence-corrected chi connectivity index (χ3v) is 3.48. The molecule has 0 fully saturated rings. The monoisotopic (exact) mass is 284 g/mol. The van der Waals surface area contributed by atoms with Crippen LogP contribution in [0, 0.1) is 13.8 Å². The molecule has 0 unspecified atom stereocenters. The summed E-state index contributed by atoms with van der Waals surface area (Å²) in [5, 5.41) is 0. The van der Waals surface area contributed by atoms with Gasteiger partial charge < -0.3 is 10.5 Å². The molecule has 1 aromatic heterocycles. The molecule has 0 aliphatic carbocycles. The maximum atomic E-state index is 5.93. The van der Waals surface area contributed by atoms with Gasteiger partial charge in [0.1, 0.15) is 5.75 Å². The molecule has 0 aliphatic heterocycles. The van der Waals surface area contributed by atoms with Gasteiger partial charge in [0, 0.05) is 18.3 Å². The molecule has 0 aliphatic rings. The van der Waals surface area contributed by atoms with Crippen LogP contribution >= 0.6 is 0 Å². The largest absolute Gasteiger partial charge is 0.439 e. The summed E-state index contributed by atoms with van der Waals surface area (Å²) in [6.07, 6.45) is 0. The molecule has 2 aromatic rings. The summed E-state index contributed by atoms with van der Waals surface area (Å²) in [5.41, 5.74) is 10.2. The van der Waals surface area contributed by atoms with Crippen LogP contribution in [0.3, 0.4) is 0 Å². The number of rotatable bonds is 3. The maximum Gasteiger partial charge on any atom is 0.219 e. The number of hydrogen-bond donors (Lipinski definition) is 1. The summed E-state index contributed by atoms with van der Waals surface area (Å²) in [6, 6.07) is 10.2. The first kappa shape index (κ1) is 15.5. The third-order valence-electron chi connectivity index (χ3n) is 3.48. The number of ether oxygens (including phenoxy) is 1. The Morgan fingerprint density at radius 3 is 2.38 bits per heavy atom. The van der Waals surface area contributed by atoms with Gasteiger partial charge in [-0.05, 0) is 48.1 Å². The van der Waals surface area contributed by atoms with Gasteiger partial charge in [-0.15, -0.1) is 0 Å². The summed E-state index contributed by atoms with van der Waals surface area (Å²) in [4.78, 5) is 4.41. The molecule has 2 N–H and O–H groups in total. The van der Waals surface area contributed by atoms with Gasteiger partial charge in [0.15, 0.2) is 0 Å². The van der Waals surface area contributed by atoms with E-state index in [0.717, 1.165) is 22.6 Å². The quantitative estimate of drug-likeness (QED) is 0.916. The summed E-state index contributed by atoms with van der Waals surface area (Å²) in [6.45, 7) is 11.1. The summed E-state index contributed by atoms with van der Waals surface area (Å²) in [5.74, 6) is 1.44. The topological polar surface area (TPSA) is 48.1 Å². The number of aromatic nitrogens is 1. The van der Waals surface area contributed by atoms with E-state index in [9.17, 15) is 0 Å². The number of aryl methyl sites for hydroxylation is 2. The van der Waals surface area contributed by atoms with E-state index in [1.54, 1.807) is 0 Å². The molecular formula is C18H24N2O. The van der Waals surface area contributed by atoms with Gasteiger partial charge in [0.05, 0.1) is 0 Å². The molecular weight excluding hydrogens is 260 g/mol. The minimum Gasteiger partial charge on any atom is -0.439 e. The van der Waals surface area contributed by atoms with Crippen molar-refractivity contribution in [2.24, 2.45) is 5.73 Å². The molecule has 0 spiro atoms. The highest BCUT2D eigenvalue weighted by Gasteiger charge is 2.15. The molecule has 112 valence electrons. The first-order chi connectivity index (χ1) is 9.79.